The fraction of sp³-hybridized carbons (Fsp3) is 0. The van der Waals surface area contributed by atoms with Crippen molar-refractivity contribution < 1.29 is 19.1 Å². The number of carbonyl (C=O) groups excluding carboxylic acids is 2. The van der Waals surface area contributed by atoms with Crippen LogP contribution in [0.1, 0.15) is 20.0 Å². The number of benzene rings is 2. The lowest BCUT2D eigenvalue weighted by Crippen LogP contribution is -2.41. The van der Waals surface area contributed by atoms with Crippen molar-refractivity contribution in [2.75, 3.05) is 0 Å². The fourth-order valence-corrected chi connectivity index (χ4v) is 3.08. The van der Waals surface area contributed by atoms with Gasteiger partial charge in [-0.25, -0.2) is 9.37 Å². The highest BCUT2D eigenvalue weighted by Crippen LogP contribution is 2.27. The molecular formula is C17H11ClFN3O3S. The third-order valence-corrected chi connectivity index (χ3v) is 4.59. The monoisotopic (exact) mass is 391 g/mol. The molecule has 3 aromatic rings. The predicted octanol–water partition coefficient (Wildman–Crippen LogP) is 3.38. The molecule has 2 aromatic carbocycles. The molecule has 0 saturated heterocycles. The zero-order valence-electron chi connectivity index (χ0n) is 13.0. The highest BCUT2D eigenvalue weighted by atomic mass is 35.5. The van der Waals surface area contributed by atoms with Gasteiger partial charge in [0.15, 0.2) is 0 Å². The number of hydrogen-bond acceptors (Lipinski definition) is 5. The molecule has 9 heteroatoms. The number of aromatic nitrogens is 1. The van der Waals surface area contributed by atoms with Gasteiger partial charge in [0.05, 0.1) is 11.8 Å². The second-order valence-electron chi connectivity index (χ2n) is 5.08. The molecule has 3 rings (SSSR count). The fourth-order valence-electron chi connectivity index (χ4n) is 2.07. The van der Waals surface area contributed by atoms with Crippen LogP contribution in [0.4, 0.5) is 4.39 Å². The minimum absolute atomic E-state index is 0.0887. The molecule has 0 radical (unpaired) electrons. The molecule has 3 N–H and O–H groups in total. The first-order chi connectivity index (χ1) is 12.5. The number of nitrogens with zero attached hydrogens (tertiary/aromatic N) is 1. The van der Waals surface area contributed by atoms with Crippen molar-refractivity contribution in [3.05, 3.63) is 69.9 Å². The number of aromatic hydroxyl groups is 1. The Morgan fingerprint density at radius 2 is 1.85 bits per heavy atom. The van der Waals surface area contributed by atoms with E-state index in [9.17, 15) is 19.1 Å². The zero-order valence-corrected chi connectivity index (χ0v) is 14.6. The summed E-state index contributed by atoms with van der Waals surface area (Å²) in [5.74, 6) is -2.09. The summed E-state index contributed by atoms with van der Waals surface area (Å²) in [4.78, 5) is 28.3. The first-order valence-electron chi connectivity index (χ1n) is 7.25. The molecule has 0 aliphatic carbocycles. The maximum absolute atomic E-state index is 13.8. The van der Waals surface area contributed by atoms with Gasteiger partial charge >= 0.3 is 0 Å². The normalized spacial score (nSPS) is 10.4. The number of nitrogens with one attached hydrogen (secondary N) is 2. The van der Waals surface area contributed by atoms with Crippen molar-refractivity contribution in [2.24, 2.45) is 0 Å². The standard InChI is InChI=1S/C17H11ClFN3O3S/c18-9-5-6-13(23)11(7-9)15(24)21-22-16(25)14-8-20-17(26-14)10-3-1-2-4-12(10)19/h1-8,23H,(H,21,24)(H,22,25). The largest absolute Gasteiger partial charge is 0.507 e. The average molecular weight is 392 g/mol. The number of phenolic OH excluding ortho intramolecular Hbond substituents is 1. The molecule has 0 saturated carbocycles. The molecule has 0 bridgehead atoms. The molecular weight excluding hydrogens is 381 g/mol. The van der Waals surface area contributed by atoms with Gasteiger partial charge in [-0.1, -0.05) is 23.7 Å². The Balaban J connectivity index is 1.68. The predicted molar refractivity (Wildman–Crippen MR) is 95.6 cm³/mol. The van der Waals surface area contributed by atoms with Crippen LogP contribution >= 0.6 is 22.9 Å². The van der Waals surface area contributed by atoms with Crippen LogP contribution in [-0.2, 0) is 0 Å². The van der Waals surface area contributed by atoms with Crippen LogP contribution in [0.25, 0.3) is 10.6 Å². The molecule has 6 nitrogen and oxygen atoms in total. The highest BCUT2D eigenvalue weighted by molar-refractivity contribution is 7.16. The molecule has 1 aromatic heterocycles. The Kier molecular flexibility index (Phi) is 5.15. The van der Waals surface area contributed by atoms with Crippen LogP contribution in [-0.4, -0.2) is 21.9 Å². The van der Waals surface area contributed by atoms with Crippen molar-refractivity contribution in [3.63, 3.8) is 0 Å². The minimum atomic E-state index is -0.739. The Hall–Kier alpha value is -2.97. The van der Waals surface area contributed by atoms with E-state index in [4.69, 9.17) is 11.6 Å². The summed E-state index contributed by atoms with van der Waals surface area (Å²) in [6.45, 7) is 0. The number of carbonyl (C=O) groups is 2. The number of halogens is 2. The van der Waals surface area contributed by atoms with Crippen LogP contribution in [0.3, 0.4) is 0 Å². The van der Waals surface area contributed by atoms with Crippen molar-refractivity contribution >= 4 is 34.8 Å². The van der Waals surface area contributed by atoms with Gasteiger partial charge in [0.25, 0.3) is 11.8 Å². The maximum Gasteiger partial charge on any atom is 0.281 e. The van der Waals surface area contributed by atoms with E-state index in [0.717, 1.165) is 11.3 Å². The van der Waals surface area contributed by atoms with Crippen molar-refractivity contribution in [3.8, 4) is 16.3 Å². The molecule has 1 heterocycles. The van der Waals surface area contributed by atoms with E-state index in [-0.39, 0.29) is 26.8 Å². The van der Waals surface area contributed by atoms with E-state index in [2.05, 4.69) is 15.8 Å². The maximum atomic E-state index is 13.8. The molecule has 0 fully saturated rings. The third-order valence-electron chi connectivity index (χ3n) is 3.33. The van der Waals surface area contributed by atoms with Gasteiger partial charge in [-0.3, -0.25) is 20.4 Å². The molecule has 26 heavy (non-hydrogen) atoms. The first kappa shape index (κ1) is 17.8. The molecule has 0 aliphatic rings. The second-order valence-corrected chi connectivity index (χ2v) is 6.55. The number of hydrazine groups is 1. The zero-order chi connectivity index (χ0) is 18.7. The van der Waals surface area contributed by atoms with E-state index in [1.165, 1.54) is 30.5 Å². The quantitative estimate of drug-likeness (QED) is 0.597. The number of hydrogen-bond donors (Lipinski definition) is 3. The van der Waals surface area contributed by atoms with Crippen LogP contribution in [0.5, 0.6) is 5.75 Å². The lowest BCUT2D eigenvalue weighted by molar-refractivity contribution is 0.0847. The van der Waals surface area contributed by atoms with Gasteiger partial charge in [-0.2, -0.15) is 0 Å². The smallest absolute Gasteiger partial charge is 0.281 e. The van der Waals surface area contributed by atoms with E-state index in [1.54, 1.807) is 18.2 Å². The minimum Gasteiger partial charge on any atom is -0.507 e. The summed E-state index contributed by atoms with van der Waals surface area (Å²) in [5, 5.41) is 10.3. The third kappa shape index (κ3) is 3.81. The summed E-state index contributed by atoms with van der Waals surface area (Å²) in [5.41, 5.74) is 4.57. The molecule has 2 amide bonds. The Bertz CT molecular complexity index is 993. The summed E-state index contributed by atoms with van der Waals surface area (Å²) < 4.78 is 13.8. The lowest BCUT2D eigenvalue weighted by atomic mass is 10.2. The van der Waals surface area contributed by atoms with Crippen molar-refractivity contribution in [2.45, 2.75) is 0 Å². The van der Waals surface area contributed by atoms with Crippen LogP contribution < -0.4 is 10.9 Å². The number of phenols is 1. The van der Waals surface area contributed by atoms with Gasteiger partial charge in [-0.15, -0.1) is 11.3 Å². The van der Waals surface area contributed by atoms with E-state index < -0.39 is 17.6 Å². The van der Waals surface area contributed by atoms with Crippen LogP contribution in [0, 0.1) is 5.82 Å². The van der Waals surface area contributed by atoms with Crippen molar-refractivity contribution in [1.82, 2.24) is 15.8 Å². The van der Waals surface area contributed by atoms with Gasteiger partial charge in [-0.05, 0) is 30.3 Å². The van der Waals surface area contributed by atoms with Gasteiger partial charge in [0.2, 0.25) is 0 Å². The second kappa shape index (κ2) is 7.51. The Labute approximate surface area is 156 Å². The summed E-state index contributed by atoms with van der Waals surface area (Å²) in [7, 11) is 0. The summed E-state index contributed by atoms with van der Waals surface area (Å²) >= 11 is 6.75. The highest BCUT2D eigenvalue weighted by Gasteiger charge is 2.16. The first-order valence-corrected chi connectivity index (χ1v) is 8.45. The van der Waals surface area contributed by atoms with Crippen LogP contribution in [0.15, 0.2) is 48.7 Å². The Morgan fingerprint density at radius 3 is 2.62 bits per heavy atom. The topological polar surface area (TPSA) is 91.3 Å². The SMILES string of the molecule is O=C(NNC(=O)c1cc(Cl)ccc1O)c1cnc(-c2ccccc2F)s1. The lowest BCUT2D eigenvalue weighted by Gasteiger charge is -2.07. The van der Waals surface area contributed by atoms with Gasteiger partial charge in [0, 0.05) is 10.6 Å². The molecule has 0 spiro atoms. The molecule has 132 valence electrons. The van der Waals surface area contributed by atoms with Gasteiger partial charge in [0.1, 0.15) is 21.5 Å². The van der Waals surface area contributed by atoms with E-state index in [0.29, 0.717) is 5.01 Å². The molecule has 0 atom stereocenters. The number of thiazole rings is 1. The Morgan fingerprint density at radius 1 is 1.12 bits per heavy atom. The molecule has 0 unspecified atom stereocenters. The number of amides is 2. The van der Waals surface area contributed by atoms with Crippen LogP contribution in [0.2, 0.25) is 5.02 Å². The van der Waals surface area contributed by atoms with Crippen molar-refractivity contribution in [1.29, 1.82) is 0 Å². The van der Waals surface area contributed by atoms with E-state index in [1.807, 2.05) is 0 Å². The summed E-state index contributed by atoms with van der Waals surface area (Å²) in [6.07, 6.45) is 1.28. The summed E-state index contributed by atoms with van der Waals surface area (Å²) in [6, 6.07) is 10.0. The molecule has 0 aliphatic heterocycles. The van der Waals surface area contributed by atoms with E-state index >= 15 is 0 Å². The number of rotatable bonds is 3. The average Bonchev–Trinajstić information content (AvgIpc) is 3.11. The van der Waals surface area contributed by atoms with Gasteiger partial charge < -0.3 is 5.11 Å².